The Hall–Kier alpha value is -0.120. The van der Waals surface area contributed by atoms with Gasteiger partial charge in [0.15, 0.2) is 0 Å². The lowest BCUT2D eigenvalue weighted by Crippen LogP contribution is -2.38. The van der Waals surface area contributed by atoms with Crippen molar-refractivity contribution in [1.29, 1.82) is 0 Å². The van der Waals surface area contributed by atoms with Crippen LogP contribution in [0.2, 0.25) is 0 Å². The van der Waals surface area contributed by atoms with Gasteiger partial charge in [-0.05, 0) is 55.8 Å². The summed E-state index contributed by atoms with van der Waals surface area (Å²) >= 11 is 0. The number of aliphatic hydroxyl groups is 2. The highest BCUT2D eigenvalue weighted by Gasteiger charge is 2.52. The Morgan fingerprint density at radius 2 is 1.69 bits per heavy atom. The van der Waals surface area contributed by atoms with E-state index in [9.17, 15) is 10.2 Å². The lowest BCUT2D eigenvalue weighted by molar-refractivity contribution is -0.0237. The van der Waals surface area contributed by atoms with Crippen molar-refractivity contribution < 1.29 is 14.9 Å². The largest absolute Gasteiger partial charge is 0.390 e. The fourth-order valence-electron chi connectivity index (χ4n) is 4.51. The zero-order valence-electron chi connectivity index (χ0n) is 9.88. The number of fused-ring (bicyclic) bond motifs is 4. The third kappa shape index (κ3) is 1.52. The molecule has 3 heteroatoms. The van der Waals surface area contributed by atoms with Crippen LogP contribution in [0.4, 0.5) is 0 Å². The molecule has 7 atom stereocenters. The molecule has 2 N–H and O–H groups in total. The van der Waals surface area contributed by atoms with Crippen molar-refractivity contribution >= 4 is 0 Å². The van der Waals surface area contributed by atoms with E-state index in [4.69, 9.17) is 4.74 Å². The maximum Gasteiger partial charge on any atom is 0.0832 e. The highest BCUT2D eigenvalue weighted by molar-refractivity contribution is 5.02. The SMILES string of the molecule is COC1CCC2C(C1)CC1CC2C(O)C1O. The summed E-state index contributed by atoms with van der Waals surface area (Å²) in [4.78, 5) is 0. The first-order valence-corrected chi connectivity index (χ1v) is 6.59. The summed E-state index contributed by atoms with van der Waals surface area (Å²) in [5.74, 6) is 2.01. The van der Waals surface area contributed by atoms with Crippen LogP contribution in [0.5, 0.6) is 0 Å². The molecule has 0 spiro atoms. The average molecular weight is 226 g/mol. The highest BCUT2D eigenvalue weighted by Crippen LogP contribution is 2.53. The molecule has 0 amide bonds. The maximum absolute atomic E-state index is 10.0. The van der Waals surface area contributed by atoms with Crippen molar-refractivity contribution in [2.24, 2.45) is 23.7 Å². The molecule has 3 fully saturated rings. The van der Waals surface area contributed by atoms with Crippen molar-refractivity contribution in [1.82, 2.24) is 0 Å². The molecule has 0 radical (unpaired) electrons. The Kier molecular flexibility index (Phi) is 2.73. The van der Waals surface area contributed by atoms with Gasteiger partial charge in [-0.3, -0.25) is 0 Å². The minimum Gasteiger partial charge on any atom is -0.390 e. The second-order valence-corrected chi connectivity index (χ2v) is 5.97. The van der Waals surface area contributed by atoms with E-state index >= 15 is 0 Å². The van der Waals surface area contributed by atoms with Gasteiger partial charge in [0.1, 0.15) is 0 Å². The van der Waals surface area contributed by atoms with Gasteiger partial charge in [0.05, 0.1) is 18.3 Å². The van der Waals surface area contributed by atoms with E-state index in [1.807, 2.05) is 0 Å². The van der Waals surface area contributed by atoms with E-state index < -0.39 is 12.2 Å². The first-order chi connectivity index (χ1) is 7.70. The minimum atomic E-state index is -0.461. The standard InChI is InChI=1S/C13H22O3/c1-16-9-2-3-10-7(5-9)4-8-6-11(10)13(15)12(8)14/h7-15H,2-6H2,1H3. The van der Waals surface area contributed by atoms with Gasteiger partial charge in [-0.2, -0.15) is 0 Å². The third-order valence-electron chi connectivity index (χ3n) is 5.33. The fraction of sp³-hybridized carbons (Fsp3) is 1.00. The Morgan fingerprint density at radius 1 is 0.875 bits per heavy atom. The van der Waals surface area contributed by atoms with Gasteiger partial charge in [0, 0.05) is 7.11 Å². The monoisotopic (exact) mass is 226 g/mol. The van der Waals surface area contributed by atoms with Crippen LogP contribution < -0.4 is 0 Å². The van der Waals surface area contributed by atoms with Gasteiger partial charge >= 0.3 is 0 Å². The molecule has 7 unspecified atom stereocenters. The lowest BCUT2D eigenvalue weighted by atomic mass is 9.65. The van der Waals surface area contributed by atoms with E-state index in [-0.39, 0.29) is 0 Å². The molecule has 3 saturated carbocycles. The topological polar surface area (TPSA) is 49.7 Å². The van der Waals surface area contributed by atoms with E-state index in [2.05, 4.69) is 0 Å². The summed E-state index contributed by atoms with van der Waals surface area (Å²) < 4.78 is 5.46. The van der Waals surface area contributed by atoms with Gasteiger partial charge in [-0.15, -0.1) is 0 Å². The average Bonchev–Trinajstić information content (AvgIpc) is 2.54. The number of ether oxygens (including phenoxy) is 1. The predicted octanol–water partition coefficient (Wildman–Crippen LogP) is 1.18. The Morgan fingerprint density at radius 3 is 2.44 bits per heavy atom. The number of rotatable bonds is 1. The van der Waals surface area contributed by atoms with Crippen molar-refractivity contribution in [3.63, 3.8) is 0 Å². The molecule has 0 aromatic rings. The van der Waals surface area contributed by atoms with Gasteiger partial charge < -0.3 is 14.9 Å². The highest BCUT2D eigenvalue weighted by atomic mass is 16.5. The van der Waals surface area contributed by atoms with Crippen LogP contribution in [-0.4, -0.2) is 35.6 Å². The van der Waals surface area contributed by atoms with E-state index in [1.54, 1.807) is 7.11 Å². The molecule has 3 aliphatic carbocycles. The van der Waals surface area contributed by atoms with Crippen molar-refractivity contribution in [2.45, 2.75) is 50.4 Å². The van der Waals surface area contributed by atoms with Crippen LogP contribution in [0.1, 0.15) is 32.1 Å². The van der Waals surface area contributed by atoms with Crippen LogP contribution in [0.25, 0.3) is 0 Å². The van der Waals surface area contributed by atoms with Gasteiger partial charge in [-0.1, -0.05) is 0 Å². The quantitative estimate of drug-likeness (QED) is 0.706. The summed E-state index contributed by atoms with van der Waals surface area (Å²) in [6, 6.07) is 0. The normalized spacial score (nSPS) is 56.1. The second kappa shape index (κ2) is 3.97. The summed E-state index contributed by atoms with van der Waals surface area (Å²) in [7, 11) is 1.80. The Balaban J connectivity index is 1.77. The van der Waals surface area contributed by atoms with Gasteiger partial charge in [-0.25, -0.2) is 0 Å². The van der Waals surface area contributed by atoms with E-state index in [0.29, 0.717) is 29.8 Å². The molecule has 0 aliphatic heterocycles. The summed E-state index contributed by atoms with van der Waals surface area (Å²) in [5.41, 5.74) is 0. The lowest BCUT2D eigenvalue weighted by Gasteiger charge is -2.42. The molecule has 0 aromatic carbocycles. The first kappa shape index (κ1) is 11.0. The van der Waals surface area contributed by atoms with Crippen LogP contribution >= 0.6 is 0 Å². The van der Waals surface area contributed by atoms with Gasteiger partial charge in [0.2, 0.25) is 0 Å². The fourth-order valence-corrected chi connectivity index (χ4v) is 4.51. The number of aliphatic hydroxyl groups excluding tert-OH is 2. The maximum atomic E-state index is 10.0. The summed E-state index contributed by atoms with van der Waals surface area (Å²) in [6.45, 7) is 0. The molecular formula is C13H22O3. The molecule has 16 heavy (non-hydrogen) atoms. The molecule has 0 saturated heterocycles. The van der Waals surface area contributed by atoms with Crippen LogP contribution in [0.3, 0.4) is 0 Å². The molecule has 3 aliphatic rings. The molecule has 3 rings (SSSR count). The predicted molar refractivity (Wildman–Crippen MR) is 59.9 cm³/mol. The van der Waals surface area contributed by atoms with Crippen LogP contribution in [0, 0.1) is 23.7 Å². The smallest absolute Gasteiger partial charge is 0.0832 e. The molecule has 2 bridgehead atoms. The van der Waals surface area contributed by atoms with E-state index in [0.717, 1.165) is 25.7 Å². The summed E-state index contributed by atoms with van der Waals surface area (Å²) in [5, 5.41) is 20.0. The molecule has 0 aromatic heterocycles. The Labute approximate surface area is 96.8 Å². The number of methoxy groups -OCH3 is 1. The van der Waals surface area contributed by atoms with Gasteiger partial charge in [0.25, 0.3) is 0 Å². The molecular weight excluding hydrogens is 204 g/mol. The van der Waals surface area contributed by atoms with Crippen molar-refractivity contribution in [3.05, 3.63) is 0 Å². The van der Waals surface area contributed by atoms with Crippen LogP contribution in [-0.2, 0) is 4.74 Å². The zero-order valence-corrected chi connectivity index (χ0v) is 9.88. The molecule has 3 nitrogen and oxygen atoms in total. The number of hydrogen-bond donors (Lipinski definition) is 2. The zero-order chi connectivity index (χ0) is 11.3. The van der Waals surface area contributed by atoms with Crippen molar-refractivity contribution in [3.8, 4) is 0 Å². The minimum absolute atomic E-state index is 0.344. The Bertz CT molecular complexity index is 268. The van der Waals surface area contributed by atoms with Crippen molar-refractivity contribution in [2.75, 3.05) is 7.11 Å². The third-order valence-corrected chi connectivity index (χ3v) is 5.33. The second-order valence-electron chi connectivity index (χ2n) is 5.97. The van der Waals surface area contributed by atoms with Crippen LogP contribution in [0.15, 0.2) is 0 Å². The summed E-state index contributed by atoms with van der Waals surface area (Å²) in [6.07, 6.45) is 5.06. The molecule has 0 heterocycles. The van der Waals surface area contributed by atoms with E-state index in [1.165, 1.54) is 6.42 Å². The number of hydrogen-bond acceptors (Lipinski definition) is 3. The first-order valence-electron chi connectivity index (χ1n) is 6.59. The molecule has 92 valence electrons.